The summed E-state index contributed by atoms with van der Waals surface area (Å²) in [4.78, 5) is 2.20. The molecular formula is C14H19FN2. The molecule has 17 heavy (non-hydrogen) atoms. The molecule has 1 saturated heterocycles. The molecule has 1 aliphatic heterocycles. The minimum atomic E-state index is -0.672. The van der Waals surface area contributed by atoms with E-state index in [2.05, 4.69) is 23.1 Å². The van der Waals surface area contributed by atoms with E-state index < -0.39 is 6.17 Å². The monoisotopic (exact) mass is 234 g/mol. The molecule has 92 valence electrons. The number of hydrogen-bond acceptors (Lipinski definition) is 2. The van der Waals surface area contributed by atoms with Crippen molar-refractivity contribution in [3.05, 3.63) is 29.3 Å². The van der Waals surface area contributed by atoms with Crippen molar-refractivity contribution in [2.45, 2.75) is 37.9 Å². The van der Waals surface area contributed by atoms with Gasteiger partial charge in [-0.2, -0.15) is 0 Å². The Morgan fingerprint density at radius 3 is 3.00 bits per heavy atom. The van der Waals surface area contributed by atoms with Gasteiger partial charge in [0.15, 0.2) is 0 Å². The first-order chi connectivity index (χ1) is 8.25. The van der Waals surface area contributed by atoms with Crippen LogP contribution in [-0.2, 0) is 6.42 Å². The summed E-state index contributed by atoms with van der Waals surface area (Å²) in [5.74, 6) is 0. The average molecular weight is 234 g/mol. The number of anilines is 1. The molecule has 1 aliphatic carbocycles. The second-order valence-electron chi connectivity index (χ2n) is 5.18. The topological polar surface area (TPSA) is 29.3 Å². The number of fused-ring (bicyclic) bond motifs is 1. The van der Waals surface area contributed by atoms with Gasteiger partial charge in [0.1, 0.15) is 6.17 Å². The number of nitrogens with two attached hydrogens (primary N) is 1. The van der Waals surface area contributed by atoms with Crippen LogP contribution in [0.2, 0.25) is 0 Å². The quantitative estimate of drug-likeness (QED) is 0.809. The van der Waals surface area contributed by atoms with Gasteiger partial charge in [-0.25, -0.2) is 4.39 Å². The molecule has 1 heterocycles. The van der Waals surface area contributed by atoms with Crippen molar-refractivity contribution < 1.29 is 4.39 Å². The standard InChI is InChI=1S/C14H19FN2/c15-10-3-2-8-17(9-10)14-5-1-4-11-12(14)6-7-13(11)16/h1,4-5,10,13H,2-3,6-9,16H2. The summed E-state index contributed by atoms with van der Waals surface area (Å²) in [5.41, 5.74) is 9.92. The van der Waals surface area contributed by atoms with Gasteiger partial charge in [0.25, 0.3) is 0 Å². The Bertz CT molecular complexity index is 419. The van der Waals surface area contributed by atoms with Gasteiger partial charge in [-0.3, -0.25) is 0 Å². The summed E-state index contributed by atoms with van der Waals surface area (Å²) in [5, 5.41) is 0. The number of nitrogens with zero attached hydrogens (tertiary/aromatic N) is 1. The maximum atomic E-state index is 13.5. The highest BCUT2D eigenvalue weighted by molar-refractivity contribution is 5.59. The highest BCUT2D eigenvalue weighted by Crippen LogP contribution is 2.36. The molecule has 2 N–H and O–H groups in total. The molecule has 1 fully saturated rings. The molecule has 2 nitrogen and oxygen atoms in total. The van der Waals surface area contributed by atoms with Gasteiger partial charge >= 0.3 is 0 Å². The Kier molecular flexibility index (Phi) is 2.79. The fourth-order valence-corrected chi connectivity index (χ4v) is 3.11. The van der Waals surface area contributed by atoms with Crippen LogP contribution in [0.1, 0.15) is 36.4 Å². The van der Waals surface area contributed by atoms with E-state index in [1.54, 1.807) is 0 Å². The van der Waals surface area contributed by atoms with Crippen molar-refractivity contribution in [1.29, 1.82) is 0 Å². The zero-order valence-electron chi connectivity index (χ0n) is 10.0. The molecule has 2 atom stereocenters. The Balaban J connectivity index is 1.93. The van der Waals surface area contributed by atoms with Gasteiger partial charge in [0.05, 0.1) is 0 Å². The van der Waals surface area contributed by atoms with Crippen molar-refractivity contribution >= 4 is 5.69 Å². The number of piperidine rings is 1. The Hall–Kier alpha value is -1.09. The number of rotatable bonds is 1. The average Bonchev–Trinajstić information content (AvgIpc) is 2.71. The lowest BCUT2D eigenvalue weighted by Gasteiger charge is -2.32. The molecule has 0 saturated carbocycles. The molecule has 0 spiro atoms. The molecule has 3 heteroatoms. The molecule has 3 rings (SSSR count). The van der Waals surface area contributed by atoms with Gasteiger partial charge in [0, 0.05) is 24.8 Å². The van der Waals surface area contributed by atoms with E-state index in [0.29, 0.717) is 13.0 Å². The Morgan fingerprint density at radius 2 is 2.18 bits per heavy atom. The Labute approximate surface area is 102 Å². The van der Waals surface area contributed by atoms with E-state index in [9.17, 15) is 4.39 Å². The summed E-state index contributed by atoms with van der Waals surface area (Å²) in [7, 11) is 0. The third kappa shape index (κ3) is 1.93. The molecule has 0 bridgehead atoms. The van der Waals surface area contributed by atoms with Gasteiger partial charge in [-0.05, 0) is 42.9 Å². The molecular weight excluding hydrogens is 215 g/mol. The maximum absolute atomic E-state index is 13.5. The third-order valence-electron chi connectivity index (χ3n) is 4.00. The number of hydrogen-bond donors (Lipinski definition) is 1. The number of benzene rings is 1. The van der Waals surface area contributed by atoms with Crippen molar-refractivity contribution in [3.8, 4) is 0 Å². The predicted octanol–water partition coefficient (Wildman–Crippen LogP) is 2.57. The zero-order valence-corrected chi connectivity index (χ0v) is 10.0. The van der Waals surface area contributed by atoms with Crippen LogP contribution in [0.25, 0.3) is 0 Å². The minimum absolute atomic E-state index is 0.177. The van der Waals surface area contributed by atoms with Crippen LogP contribution in [0.15, 0.2) is 18.2 Å². The molecule has 0 radical (unpaired) electrons. The van der Waals surface area contributed by atoms with E-state index in [1.807, 2.05) is 0 Å². The second-order valence-corrected chi connectivity index (χ2v) is 5.18. The lowest BCUT2D eigenvalue weighted by molar-refractivity contribution is 0.286. The normalized spacial score (nSPS) is 28.2. The summed E-state index contributed by atoms with van der Waals surface area (Å²) in [6.07, 6.45) is 3.07. The number of alkyl halides is 1. The molecule has 1 aromatic rings. The van der Waals surface area contributed by atoms with E-state index in [1.165, 1.54) is 16.8 Å². The molecule has 2 unspecified atom stereocenters. The second kappa shape index (κ2) is 4.30. The van der Waals surface area contributed by atoms with Crippen molar-refractivity contribution in [1.82, 2.24) is 0 Å². The lowest BCUT2D eigenvalue weighted by Crippen LogP contribution is -2.36. The van der Waals surface area contributed by atoms with Gasteiger partial charge in [-0.15, -0.1) is 0 Å². The van der Waals surface area contributed by atoms with Crippen LogP contribution < -0.4 is 10.6 Å². The predicted molar refractivity (Wildman–Crippen MR) is 68.0 cm³/mol. The van der Waals surface area contributed by atoms with E-state index in [0.717, 1.165) is 25.8 Å². The summed E-state index contributed by atoms with van der Waals surface area (Å²) in [6, 6.07) is 6.47. The SMILES string of the molecule is NC1CCc2c1cccc2N1CCCC(F)C1. The van der Waals surface area contributed by atoms with Crippen LogP contribution in [0, 0.1) is 0 Å². The van der Waals surface area contributed by atoms with Crippen molar-refractivity contribution in [2.75, 3.05) is 18.0 Å². The van der Waals surface area contributed by atoms with E-state index >= 15 is 0 Å². The minimum Gasteiger partial charge on any atom is -0.368 e. The Morgan fingerprint density at radius 1 is 1.29 bits per heavy atom. The van der Waals surface area contributed by atoms with Crippen LogP contribution in [0.4, 0.5) is 10.1 Å². The van der Waals surface area contributed by atoms with Crippen molar-refractivity contribution in [2.24, 2.45) is 5.73 Å². The highest BCUT2D eigenvalue weighted by atomic mass is 19.1. The zero-order chi connectivity index (χ0) is 11.8. The van der Waals surface area contributed by atoms with Crippen molar-refractivity contribution in [3.63, 3.8) is 0 Å². The first-order valence-electron chi connectivity index (χ1n) is 6.52. The lowest BCUT2D eigenvalue weighted by atomic mass is 10.0. The van der Waals surface area contributed by atoms with Crippen LogP contribution >= 0.6 is 0 Å². The largest absolute Gasteiger partial charge is 0.368 e. The van der Waals surface area contributed by atoms with Crippen LogP contribution in [0.5, 0.6) is 0 Å². The molecule has 0 aromatic heterocycles. The summed E-state index contributed by atoms with van der Waals surface area (Å²) in [6.45, 7) is 1.53. The third-order valence-corrected chi connectivity index (χ3v) is 4.00. The molecule has 2 aliphatic rings. The van der Waals surface area contributed by atoms with Gasteiger partial charge in [-0.1, -0.05) is 12.1 Å². The molecule has 1 aromatic carbocycles. The fourth-order valence-electron chi connectivity index (χ4n) is 3.11. The van der Waals surface area contributed by atoms with Gasteiger partial charge in [0.2, 0.25) is 0 Å². The smallest absolute Gasteiger partial charge is 0.118 e. The van der Waals surface area contributed by atoms with Crippen LogP contribution in [0.3, 0.4) is 0 Å². The summed E-state index contributed by atoms with van der Waals surface area (Å²) >= 11 is 0. The highest BCUT2D eigenvalue weighted by Gasteiger charge is 2.26. The summed E-state index contributed by atoms with van der Waals surface area (Å²) < 4.78 is 13.5. The van der Waals surface area contributed by atoms with Crippen LogP contribution in [-0.4, -0.2) is 19.3 Å². The van der Waals surface area contributed by atoms with E-state index in [4.69, 9.17) is 5.73 Å². The first kappa shape index (κ1) is 11.0. The maximum Gasteiger partial charge on any atom is 0.118 e. The van der Waals surface area contributed by atoms with E-state index in [-0.39, 0.29) is 6.04 Å². The van der Waals surface area contributed by atoms with Gasteiger partial charge < -0.3 is 10.6 Å². The number of halogens is 1. The fraction of sp³-hybridized carbons (Fsp3) is 0.571. The first-order valence-corrected chi connectivity index (χ1v) is 6.52. The molecule has 0 amide bonds.